The first-order valence-electron chi connectivity index (χ1n) is 10.4. The minimum absolute atomic E-state index is 0.219. The van der Waals surface area contributed by atoms with Crippen molar-refractivity contribution in [2.24, 2.45) is 5.92 Å². The third-order valence-electron chi connectivity index (χ3n) is 6.26. The summed E-state index contributed by atoms with van der Waals surface area (Å²) in [5.74, 6) is 1.11. The van der Waals surface area contributed by atoms with E-state index in [9.17, 15) is 8.42 Å². The first-order valence-corrected chi connectivity index (χ1v) is 11.8. The molecule has 3 heterocycles. The van der Waals surface area contributed by atoms with Crippen LogP contribution in [0.15, 0.2) is 53.7 Å². The Kier molecular flexibility index (Phi) is 4.78. The number of nitrogens with zero attached hydrogens (tertiary/aromatic N) is 5. The van der Waals surface area contributed by atoms with Crippen molar-refractivity contribution in [2.45, 2.75) is 43.0 Å². The standard InChI is InChI=1S/C23H22N5O2S/c1-16-26-21-15-25-23-20(12-14-27(23)31(29,30)19-5-3-2-4-6-19)22(21)28(16)18-9-7-17(8-10-18)11-13-24/h2-6,12,14-15,17-18H,1,7-11H2. The fourth-order valence-corrected chi connectivity index (χ4v) is 6.05. The molecule has 0 unspecified atom stereocenters. The highest BCUT2D eigenvalue weighted by Gasteiger charge is 2.27. The van der Waals surface area contributed by atoms with Gasteiger partial charge in [-0.2, -0.15) is 5.26 Å². The fraction of sp³-hybridized carbons (Fsp3) is 0.304. The average molecular weight is 433 g/mol. The van der Waals surface area contributed by atoms with Gasteiger partial charge in [-0.15, -0.1) is 0 Å². The summed E-state index contributed by atoms with van der Waals surface area (Å²) in [6, 6.07) is 12.7. The van der Waals surface area contributed by atoms with Gasteiger partial charge in [-0.25, -0.2) is 22.4 Å². The van der Waals surface area contributed by atoms with Gasteiger partial charge in [0.15, 0.2) is 5.65 Å². The van der Waals surface area contributed by atoms with Gasteiger partial charge in [-0.05, 0) is 49.8 Å². The maximum atomic E-state index is 13.2. The van der Waals surface area contributed by atoms with Crippen LogP contribution in [-0.2, 0) is 10.0 Å². The zero-order chi connectivity index (χ0) is 21.6. The Bertz CT molecular complexity index is 1410. The summed E-state index contributed by atoms with van der Waals surface area (Å²) in [5.41, 5.74) is 1.97. The molecule has 0 saturated heterocycles. The number of benzene rings is 1. The smallest absolute Gasteiger partial charge is 0.269 e. The summed E-state index contributed by atoms with van der Waals surface area (Å²) < 4.78 is 29.8. The molecule has 0 bridgehead atoms. The summed E-state index contributed by atoms with van der Waals surface area (Å²) in [6.07, 6.45) is 7.68. The van der Waals surface area contributed by atoms with Crippen molar-refractivity contribution in [3.63, 3.8) is 0 Å². The van der Waals surface area contributed by atoms with Crippen LogP contribution in [-0.4, -0.2) is 26.9 Å². The van der Waals surface area contributed by atoms with E-state index in [0.29, 0.717) is 29.3 Å². The van der Waals surface area contributed by atoms with E-state index in [1.807, 2.05) is 0 Å². The minimum atomic E-state index is -3.76. The van der Waals surface area contributed by atoms with Crippen LogP contribution in [0.5, 0.6) is 0 Å². The van der Waals surface area contributed by atoms with Crippen LogP contribution in [0.25, 0.3) is 22.1 Å². The van der Waals surface area contributed by atoms with Gasteiger partial charge in [-0.3, -0.25) is 0 Å². The third kappa shape index (κ3) is 3.20. The van der Waals surface area contributed by atoms with Gasteiger partial charge in [-0.1, -0.05) is 18.2 Å². The van der Waals surface area contributed by atoms with E-state index < -0.39 is 10.0 Å². The number of nitriles is 1. The number of hydrogen-bond donors (Lipinski definition) is 0. The van der Waals surface area contributed by atoms with Gasteiger partial charge in [0.05, 0.1) is 22.7 Å². The molecule has 1 saturated carbocycles. The molecule has 1 aromatic carbocycles. The van der Waals surface area contributed by atoms with Crippen LogP contribution in [0, 0.1) is 24.2 Å². The van der Waals surface area contributed by atoms with Gasteiger partial charge in [0.1, 0.15) is 11.3 Å². The summed E-state index contributed by atoms with van der Waals surface area (Å²) in [4.78, 5) is 9.26. The topological polar surface area (TPSA) is 93.6 Å². The molecule has 1 aliphatic carbocycles. The van der Waals surface area contributed by atoms with Crippen molar-refractivity contribution in [1.29, 1.82) is 5.26 Å². The Morgan fingerprint density at radius 2 is 1.87 bits per heavy atom. The highest BCUT2D eigenvalue weighted by Crippen LogP contribution is 2.38. The Morgan fingerprint density at radius 1 is 1.13 bits per heavy atom. The number of pyridine rings is 1. The first-order chi connectivity index (χ1) is 15.0. The number of imidazole rings is 1. The van der Waals surface area contributed by atoms with Crippen LogP contribution >= 0.6 is 0 Å². The summed E-state index contributed by atoms with van der Waals surface area (Å²) in [6.45, 7) is 4.14. The molecule has 0 amide bonds. The lowest BCUT2D eigenvalue weighted by molar-refractivity contribution is 0.280. The Balaban J connectivity index is 1.63. The number of hydrogen-bond acceptors (Lipinski definition) is 5. The molecule has 0 atom stereocenters. The van der Waals surface area contributed by atoms with E-state index in [4.69, 9.17) is 5.26 Å². The molecular weight excluding hydrogens is 410 g/mol. The molecular formula is C23H22N5O2S. The Hall–Kier alpha value is -3.18. The quantitative estimate of drug-likeness (QED) is 0.475. The average Bonchev–Trinajstić information content (AvgIpc) is 3.36. The van der Waals surface area contributed by atoms with E-state index in [1.54, 1.807) is 48.8 Å². The zero-order valence-electron chi connectivity index (χ0n) is 17.0. The number of rotatable bonds is 4. The second-order valence-corrected chi connectivity index (χ2v) is 9.91. The van der Waals surface area contributed by atoms with Gasteiger partial charge < -0.3 is 4.57 Å². The van der Waals surface area contributed by atoms with Crippen LogP contribution in [0.1, 0.15) is 44.0 Å². The predicted molar refractivity (Wildman–Crippen MR) is 118 cm³/mol. The molecule has 157 valence electrons. The van der Waals surface area contributed by atoms with Gasteiger partial charge in [0.25, 0.3) is 10.0 Å². The molecule has 0 aliphatic heterocycles. The first kappa shape index (κ1) is 19.8. The SMILES string of the molecule is [CH2]c1nc2cnc3c(ccn3S(=O)(=O)c3ccccc3)c2n1C1CCC(CC#N)CC1. The maximum absolute atomic E-state index is 13.2. The molecule has 4 aromatic rings. The maximum Gasteiger partial charge on any atom is 0.269 e. The van der Waals surface area contributed by atoms with Gasteiger partial charge in [0, 0.05) is 31.0 Å². The zero-order valence-corrected chi connectivity index (χ0v) is 17.8. The highest BCUT2D eigenvalue weighted by atomic mass is 32.2. The molecule has 0 N–H and O–H groups in total. The van der Waals surface area contributed by atoms with Crippen molar-refractivity contribution in [3.05, 3.63) is 61.5 Å². The fourth-order valence-electron chi connectivity index (χ4n) is 4.73. The lowest BCUT2D eigenvalue weighted by Crippen LogP contribution is -2.19. The number of aromatic nitrogens is 4. The van der Waals surface area contributed by atoms with Gasteiger partial charge >= 0.3 is 0 Å². The van der Waals surface area contributed by atoms with Crippen molar-refractivity contribution < 1.29 is 8.42 Å². The summed E-state index contributed by atoms with van der Waals surface area (Å²) >= 11 is 0. The van der Waals surface area contributed by atoms with Crippen LogP contribution in [0.3, 0.4) is 0 Å². The summed E-state index contributed by atoms with van der Waals surface area (Å²) in [5, 5.41) is 9.74. The molecule has 0 spiro atoms. The second-order valence-electron chi connectivity index (χ2n) is 8.09. The van der Waals surface area contributed by atoms with E-state index in [-0.39, 0.29) is 10.9 Å². The van der Waals surface area contributed by atoms with E-state index in [1.165, 1.54) is 3.97 Å². The van der Waals surface area contributed by atoms with Gasteiger partial charge in [0.2, 0.25) is 0 Å². The van der Waals surface area contributed by atoms with Crippen molar-refractivity contribution in [3.8, 4) is 6.07 Å². The van der Waals surface area contributed by atoms with E-state index >= 15 is 0 Å². The van der Waals surface area contributed by atoms with E-state index in [0.717, 1.165) is 36.6 Å². The van der Waals surface area contributed by atoms with Crippen LogP contribution in [0.2, 0.25) is 0 Å². The number of fused-ring (bicyclic) bond motifs is 3. The minimum Gasteiger partial charge on any atom is -0.324 e. The molecule has 1 radical (unpaired) electrons. The lowest BCUT2D eigenvalue weighted by atomic mass is 9.84. The van der Waals surface area contributed by atoms with E-state index in [2.05, 4.69) is 27.5 Å². The second kappa shape index (κ2) is 7.50. The molecule has 5 rings (SSSR count). The monoisotopic (exact) mass is 432 g/mol. The predicted octanol–water partition coefficient (Wildman–Crippen LogP) is 4.45. The van der Waals surface area contributed by atoms with Crippen LogP contribution in [0.4, 0.5) is 0 Å². The lowest BCUT2D eigenvalue weighted by Gasteiger charge is -2.29. The summed E-state index contributed by atoms with van der Waals surface area (Å²) in [7, 11) is -3.76. The largest absolute Gasteiger partial charge is 0.324 e. The normalized spacial score (nSPS) is 19.6. The Morgan fingerprint density at radius 3 is 2.58 bits per heavy atom. The third-order valence-corrected chi connectivity index (χ3v) is 7.94. The molecule has 31 heavy (non-hydrogen) atoms. The molecule has 8 heteroatoms. The highest BCUT2D eigenvalue weighted by molar-refractivity contribution is 7.90. The van der Waals surface area contributed by atoms with Crippen molar-refractivity contribution >= 4 is 32.1 Å². The van der Waals surface area contributed by atoms with Crippen LogP contribution < -0.4 is 0 Å². The molecule has 7 nitrogen and oxygen atoms in total. The Labute approximate surface area is 181 Å². The molecule has 1 aliphatic rings. The van der Waals surface area contributed by atoms with Crippen molar-refractivity contribution in [2.75, 3.05) is 0 Å². The molecule has 1 fully saturated rings. The van der Waals surface area contributed by atoms with Crippen molar-refractivity contribution in [1.82, 2.24) is 18.5 Å². The molecule has 3 aromatic heterocycles.